The Labute approximate surface area is 106 Å². The molecule has 0 atom stereocenters. The van der Waals surface area contributed by atoms with Crippen LogP contribution in [0.15, 0.2) is 0 Å². The number of carboxylic acid groups (broad SMARTS) is 1. The molecule has 2 aliphatic heterocycles. The molecular weight excluding hydrogens is 236 g/mol. The summed E-state index contributed by atoms with van der Waals surface area (Å²) in [5, 5.41) is 10.1. The van der Waals surface area contributed by atoms with Crippen LogP contribution in [0.1, 0.15) is 25.7 Å². The van der Waals surface area contributed by atoms with Gasteiger partial charge < -0.3 is 14.7 Å². The zero-order valence-electron chi connectivity index (χ0n) is 10.5. The summed E-state index contributed by atoms with van der Waals surface area (Å²) < 4.78 is 6.00. The zero-order chi connectivity index (χ0) is 12.6. The molecule has 3 aliphatic rings. The standard InChI is InChI=1S/C12H20N2O4/c15-11(16)18-14-5-3-12(4-6-14)9-13(7-8-17-12)10-1-2-10/h10H,1-9H2,(H,15,16). The summed E-state index contributed by atoms with van der Waals surface area (Å²) in [4.78, 5) is 17.7. The number of hydrogen-bond acceptors (Lipinski definition) is 5. The first kappa shape index (κ1) is 12.2. The fourth-order valence-corrected chi connectivity index (χ4v) is 3.02. The Balaban J connectivity index is 1.54. The minimum absolute atomic E-state index is 0.0702. The fraction of sp³-hybridized carbons (Fsp3) is 0.917. The number of hydroxylamine groups is 2. The molecule has 0 aromatic rings. The van der Waals surface area contributed by atoms with Crippen molar-refractivity contribution in [1.29, 1.82) is 0 Å². The number of hydrogen-bond donors (Lipinski definition) is 1. The lowest BCUT2D eigenvalue weighted by molar-refractivity contribution is -0.193. The molecule has 0 amide bonds. The van der Waals surface area contributed by atoms with E-state index >= 15 is 0 Å². The van der Waals surface area contributed by atoms with Crippen LogP contribution in [0.3, 0.4) is 0 Å². The lowest BCUT2D eigenvalue weighted by Crippen LogP contribution is -2.57. The highest BCUT2D eigenvalue weighted by atomic mass is 16.8. The number of piperidine rings is 1. The van der Waals surface area contributed by atoms with Gasteiger partial charge in [0.1, 0.15) is 0 Å². The van der Waals surface area contributed by atoms with Crippen LogP contribution in [-0.4, -0.2) is 65.7 Å². The molecule has 18 heavy (non-hydrogen) atoms. The second-order valence-corrected chi connectivity index (χ2v) is 5.52. The molecule has 3 rings (SSSR count). The van der Waals surface area contributed by atoms with Crippen LogP contribution in [0.25, 0.3) is 0 Å². The lowest BCUT2D eigenvalue weighted by atomic mass is 9.90. The van der Waals surface area contributed by atoms with Gasteiger partial charge in [-0.1, -0.05) is 0 Å². The minimum atomic E-state index is -1.23. The Hall–Kier alpha value is -0.850. The van der Waals surface area contributed by atoms with Crippen LogP contribution in [0.2, 0.25) is 0 Å². The van der Waals surface area contributed by atoms with Gasteiger partial charge >= 0.3 is 6.16 Å². The van der Waals surface area contributed by atoms with E-state index in [4.69, 9.17) is 14.7 Å². The summed E-state index contributed by atoms with van der Waals surface area (Å²) in [6.45, 7) is 4.10. The quantitative estimate of drug-likeness (QED) is 0.793. The van der Waals surface area contributed by atoms with E-state index in [1.54, 1.807) is 0 Å². The molecule has 1 saturated carbocycles. The highest BCUT2D eigenvalue weighted by molar-refractivity contribution is 5.56. The Morgan fingerprint density at radius 3 is 2.61 bits per heavy atom. The first-order valence-corrected chi connectivity index (χ1v) is 6.71. The number of rotatable bonds is 2. The molecule has 0 aromatic heterocycles. The van der Waals surface area contributed by atoms with Crippen molar-refractivity contribution in [3.63, 3.8) is 0 Å². The van der Waals surface area contributed by atoms with Gasteiger partial charge in [-0.15, -0.1) is 5.06 Å². The predicted molar refractivity (Wildman–Crippen MR) is 63.2 cm³/mol. The molecule has 6 nitrogen and oxygen atoms in total. The largest absolute Gasteiger partial charge is 0.525 e. The van der Waals surface area contributed by atoms with Gasteiger partial charge in [0.2, 0.25) is 0 Å². The molecule has 0 unspecified atom stereocenters. The Bertz CT molecular complexity index is 324. The van der Waals surface area contributed by atoms with Crippen molar-refractivity contribution in [2.45, 2.75) is 37.3 Å². The molecule has 1 spiro atoms. The van der Waals surface area contributed by atoms with Crippen molar-refractivity contribution in [2.24, 2.45) is 0 Å². The van der Waals surface area contributed by atoms with Gasteiger partial charge in [0.15, 0.2) is 0 Å². The lowest BCUT2D eigenvalue weighted by Gasteiger charge is -2.46. The monoisotopic (exact) mass is 256 g/mol. The van der Waals surface area contributed by atoms with E-state index in [9.17, 15) is 4.79 Å². The molecular formula is C12H20N2O4. The maximum Gasteiger partial charge on any atom is 0.525 e. The molecule has 0 aromatic carbocycles. The zero-order valence-corrected chi connectivity index (χ0v) is 10.5. The average Bonchev–Trinajstić information content (AvgIpc) is 3.16. The van der Waals surface area contributed by atoms with Crippen LogP contribution in [0.4, 0.5) is 4.79 Å². The second-order valence-electron chi connectivity index (χ2n) is 5.52. The Morgan fingerprint density at radius 1 is 1.28 bits per heavy atom. The molecule has 3 fully saturated rings. The molecule has 0 bridgehead atoms. The molecule has 6 heteroatoms. The summed E-state index contributed by atoms with van der Waals surface area (Å²) in [5.41, 5.74) is -0.0702. The maximum absolute atomic E-state index is 10.5. The number of carbonyl (C=O) groups is 1. The normalized spacial score (nSPS) is 29.3. The average molecular weight is 256 g/mol. The van der Waals surface area contributed by atoms with Crippen molar-refractivity contribution < 1.29 is 19.5 Å². The third-order valence-electron chi connectivity index (χ3n) is 4.18. The van der Waals surface area contributed by atoms with E-state index in [1.807, 2.05) is 0 Å². The second kappa shape index (κ2) is 4.68. The van der Waals surface area contributed by atoms with Gasteiger partial charge in [0.25, 0.3) is 0 Å². The van der Waals surface area contributed by atoms with Gasteiger partial charge in [-0.3, -0.25) is 4.90 Å². The first-order chi connectivity index (χ1) is 8.67. The summed E-state index contributed by atoms with van der Waals surface area (Å²) in [7, 11) is 0. The van der Waals surface area contributed by atoms with Gasteiger partial charge in [-0.2, -0.15) is 0 Å². The van der Waals surface area contributed by atoms with E-state index < -0.39 is 6.16 Å². The van der Waals surface area contributed by atoms with Crippen molar-refractivity contribution in [3.8, 4) is 0 Å². The molecule has 0 radical (unpaired) electrons. The summed E-state index contributed by atoms with van der Waals surface area (Å²) in [6.07, 6.45) is 3.12. The number of nitrogens with zero attached hydrogens (tertiary/aromatic N) is 2. The minimum Gasteiger partial charge on any atom is -0.448 e. The van der Waals surface area contributed by atoms with Crippen LogP contribution < -0.4 is 0 Å². The third-order valence-corrected chi connectivity index (χ3v) is 4.18. The predicted octanol–water partition coefficient (Wildman–Crippen LogP) is 0.925. The van der Waals surface area contributed by atoms with Gasteiger partial charge in [-0.25, -0.2) is 4.79 Å². The maximum atomic E-state index is 10.5. The highest BCUT2D eigenvalue weighted by Gasteiger charge is 2.43. The van der Waals surface area contributed by atoms with Crippen LogP contribution in [-0.2, 0) is 9.57 Å². The highest BCUT2D eigenvalue weighted by Crippen LogP contribution is 2.35. The smallest absolute Gasteiger partial charge is 0.448 e. The van der Waals surface area contributed by atoms with Crippen LogP contribution in [0.5, 0.6) is 0 Å². The third kappa shape index (κ3) is 2.60. The SMILES string of the molecule is O=C(O)ON1CCC2(CC1)CN(C1CC1)CCO2. The van der Waals surface area contributed by atoms with Crippen molar-refractivity contribution in [3.05, 3.63) is 0 Å². The summed E-state index contributed by atoms with van der Waals surface area (Å²) >= 11 is 0. The van der Waals surface area contributed by atoms with Gasteiger partial charge in [0.05, 0.1) is 12.2 Å². The molecule has 2 heterocycles. The van der Waals surface area contributed by atoms with Crippen LogP contribution in [0, 0.1) is 0 Å². The fourth-order valence-electron chi connectivity index (χ4n) is 3.02. The molecule has 1 N–H and O–H groups in total. The first-order valence-electron chi connectivity index (χ1n) is 6.71. The molecule has 2 saturated heterocycles. The van der Waals surface area contributed by atoms with E-state index in [2.05, 4.69) is 4.90 Å². The van der Waals surface area contributed by atoms with E-state index in [0.29, 0.717) is 13.1 Å². The Morgan fingerprint density at radius 2 is 2.00 bits per heavy atom. The van der Waals surface area contributed by atoms with Gasteiger partial charge in [0, 0.05) is 32.2 Å². The van der Waals surface area contributed by atoms with E-state index in [1.165, 1.54) is 17.9 Å². The number of ether oxygens (including phenoxy) is 1. The van der Waals surface area contributed by atoms with E-state index in [-0.39, 0.29) is 5.60 Å². The van der Waals surface area contributed by atoms with Crippen molar-refractivity contribution in [1.82, 2.24) is 9.96 Å². The topological polar surface area (TPSA) is 62.2 Å². The number of morpholine rings is 1. The molecule has 1 aliphatic carbocycles. The van der Waals surface area contributed by atoms with Gasteiger partial charge in [-0.05, 0) is 25.7 Å². The van der Waals surface area contributed by atoms with Crippen molar-refractivity contribution >= 4 is 6.16 Å². The van der Waals surface area contributed by atoms with Crippen LogP contribution >= 0.6 is 0 Å². The van der Waals surface area contributed by atoms with E-state index in [0.717, 1.165) is 38.6 Å². The summed E-state index contributed by atoms with van der Waals surface area (Å²) in [6, 6.07) is 0.777. The molecule has 102 valence electrons. The van der Waals surface area contributed by atoms with Crippen molar-refractivity contribution in [2.75, 3.05) is 32.8 Å². The Kier molecular flexibility index (Phi) is 3.17. The summed E-state index contributed by atoms with van der Waals surface area (Å²) in [5.74, 6) is 0.